The molecule has 0 radical (unpaired) electrons. The van der Waals surface area contributed by atoms with Gasteiger partial charge in [-0.2, -0.15) is 0 Å². The summed E-state index contributed by atoms with van der Waals surface area (Å²) in [6, 6.07) is 5.12. The minimum atomic E-state index is -0.585. The Morgan fingerprint density at radius 1 is 1.22 bits per heavy atom. The standard InChI is InChI=1S/C20H21N3O3S/c1-20(2,3)19-21-14(10-27-19)11-4-5-13-12(8-11)9-23(18(13)26)15-6-7-16(24)22-17(15)25/h4-5,8,10,15H,6-7,9H2,1-3H3,(H,22,24,25). The second-order valence-corrected chi connectivity index (χ2v) is 8.92. The van der Waals surface area contributed by atoms with E-state index in [1.165, 1.54) is 0 Å². The van der Waals surface area contributed by atoms with Gasteiger partial charge in [-0.3, -0.25) is 19.7 Å². The Morgan fingerprint density at radius 2 is 2.00 bits per heavy atom. The van der Waals surface area contributed by atoms with Gasteiger partial charge in [-0.1, -0.05) is 26.8 Å². The van der Waals surface area contributed by atoms with Gasteiger partial charge < -0.3 is 4.90 Å². The average Bonchev–Trinajstić information content (AvgIpc) is 3.20. The van der Waals surface area contributed by atoms with Crippen LogP contribution in [0.15, 0.2) is 23.6 Å². The summed E-state index contributed by atoms with van der Waals surface area (Å²) in [5.41, 5.74) is 3.39. The number of fused-ring (bicyclic) bond motifs is 1. The topological polar surface area (TPSA) is 79.4 Å². The minimum Gasteiger partial charge on any atom is -0.322 e. The fourth-order valence-electron chi connectivity index (χ4n) is 3.48. The van der Waals surface area contributed by atoms with Crippen molar-refractivity contribution in [2.45, 2.75) is 51.6 Å². The van der Waals surface area contributed by atoms with Crippen molar-refractivity contribution in [2.24, 2.45) is 0 Å². The van der Waals surface area contributed by atoms with Crippen molar-refractivity contribution in [1.29, 1.82) is 0 Å². The van der Waals surface area contributed by atoms with Crippen molar-refractivity contribution >= 4 is 29.1 Å². The molecule has 0 spiro atoms. The summed E-state index contributed by atoms with van der Waals surface area (Å²) in [7, 11) is 0. The van der Waals surface area contributed by atoms with E-state index in [1.54, 1.807) is 16.2 Å². The quantitative estimate of drug-likeness (QED) is 0.809. The van der Waals surface area contributed by atoms with Crippen LogP contribution in [0.25, 0.3) is 11.3 Å². The van der Waals surface area contributed by atoms with Gasteiger partial charge in [0.15, 0.2) is 0 Å². The van der Waals surface area contributed by atoms with Crippen molar-refractivity contribution in [1.82, 2.24) is 15.2 Å². The number of hydrogen-bond acceptors (Lipinski definition) is 5. The largest absolute Gasteiger partial charge is 0.322 e. The smallest absolute Gasteiger partial charge is 0.255 e. The van der Waals surface area contributed by atoms with Gasteiger partial charge >= 0.3 is 0 Å². The normalized spacial score (nSPS) is 20.0. The first-order chi connectivity index (χ1) is 12.7. The number of aromatic nitrogens is 1. The monoisotopic (exact) mass is 383 g/mol. The summed E-state index contributed by atoms with van der Waals surface area (Å²) >= 11 is 1.64. The third-order valence-corrected chi connectivity index (χ3v) is 6.23. The van der Waals surface area contributed by atoms with Gasteiger partial charge in [0.05, 0.1) is 10.7 Å². The number of piperidine rings is 1. The Hall–Kier alpha value is -2.54. The van der Waals surface area contributed by atoms with Crippen molar-refractivity contribution < 1.29 is 14.4 Å². The van der Waals surface area contributed by atoms with E-state index in [9.17, 15) is 14.4 Å². The molecule has 1 atom stereocenters. The molecule has 2 aliphatic rings. The van der Waals surface area contributed by atoms with Crippen molar-refractivity contribution in [3.63, 3.8) is 0 Å². The maximum absolute atomic E-state index is 12.8. The lowest BCUT2D eigenvalue weighted by molar-refractivity contribution is -0.136. The number of carbonyl (C=O) groups is 3. The van der Waals surface area contributed by atoms with Crippen LogP contribution in [0.5, 0.6) is 0 Å². The zero-order valence-electron chi connectivity index (χ0n) is 15.5. The highest BCUT2D eigenvalue weighted by Crippen LogP contribution is 2.33. The van der Waals surface area contributed by atoms with E-state index < -0.39 is 6.04 Å². The van der Waals surface area contributed by atoms with Crippen LogP contribution in [-0.4, -0.2) is 33.6 Å². The highest BCUT2D eigenvalue weighted by Gasteiger charge is 2.39. The van der Waals surface area contributed by atoms with Crippen LogP contribution in [0.1, 0.15) is 54.5 Å². The molecule has 1 unspecified atom stereocenters. The summed E-state index contributed by atoms with van der Waals surface area (Å²) in [6.45, 7) is 6.78. The van der Waals surface area contributed by atoms with Crippen LogP contribution < -0.4 is 5.32 Å². The zero-order valence-corrected chi connectivity index (χ0v) is 16.4. The molecule has 140 valence electrons. The molecule has 1 aromatic carbocycles. The molecule has 3 heterocycles. The molecule has 1 N–H and O–H groups in total. The summed E-state index contributed by atoms with van der Waals surface area (Å²) in [5.74, 6) is -0.817. The Morgan fingerprint density at radius 3 is 2.67 bits per heavy atom. The highest BCUT2D eigenvalue weighted by atomic mass is 32.1. The molecule has 0 saturated carbocycles. The molecule has 0 aliphatic carbocycles. The van der Waals surface area contributed by atoms with Crippen LogP contribution >= 0.6 is 11.3 Å². The van der Waals surface area contributed by atoms with E-state index in [2.05, 4.69) is 26.1 Å². The van der Waals surface area contributed by atoms with Crippen LogP contribution in [-0.2, 0) is 21.5 Å². The zero-order chi connectivity index (χ0) is 19.3. The van der Waals surface area contributed by atoms with E-state index in [-0.39, 0.29) is 29.6 Å². The molecule has 2 aromatic rings. The Bertz CT molecular complexity index is 958. The van der Waals surface area contributed by atoms with E-state index in [0.717, 1.165) is 21.8 Å². The van der Waals surface area contributed by atoms with E-state index in [1.807, 2.05) is 23.6 Å². The maximum atomic E-state index is 12.8. The van der Waals surface area contributed by atoms with E-state index >= 15 is 0 Å². The van der Waals surface area contributed by atoms with E-state index in [0.29, 0.717) is 18.5 Å². The van der Waals surface area contributed by atoms with Crippen LogP contribution in [0.2, 0.25) is 0 Å². The SMILES string of the molecule is CC(C)(C)c1nc(-c2ccc3c(c2)CN(C2CCC(=O)NC2=O)C3=O)cs1. The van der Waals surface area contributed by atoms with E-state index in [4.69, 9.17) is 4.98 Å². The Kier molecular flexibility index (Phi) is 4.14. The maximum Gasteiger partial charge on any atom is 0.255 e. The number of thiazole rings is 1. The lowest BCUT2D eigenvalue weighted by Crippen LogP contribution is -2.52. The van der Waals surface area contributed by atoms with Crippen LogP contribution in [0, 0.1) is 0 Å². The Labute approximate surface area is 161 Å². The summed E-state index contributed by atoms with van der Waals surface area (Å²) in [4.78, 5) is 42.6. The minimum absolute atomic E-state index is 0.00180. The van der Waals surface area contributed by atoms with Crippen LogP contribution in [0.3, 0.4) is 0 Å². The third kappa shape index (κ3) is 3.16. The highest BCUT2D eigenvalue weighted by molar-refractivity contribution is 7.10. The Balaban J connectivity index is 1.60. The average molecular weight is 383 g/mol. The molecule has 3 amide bonds. The lowest BCUT2D eigenvalue weighted by Gasteiger charge is -2.29. The summed E-state index contributed by atoms with van der Waals surface area (Å²) < 4.78 is 0. The molecular weight excluding hydrogens is 362 g/mol. The molecule has 27 heavy (non-hydrogen) atoms. The fourth-order valence-corrected chi connectivity index (χ4v) is 4.40. The molecule has 4 rings (SSSR count). The van der Waals surface area contributed by atoms with Crippen molar-refractivity contribution in [3.05, 3.63) is 39.7 Å². The molecular formula is C20H21N3O3S. The predicted octanol–water partition coefficient (Wildman–Crippen LogP) is 2.87. The molecule has 7 heteroatoms. The van der Waals surface area contributed by atoms with Gasteiger partial charge in [-0.05, 0) is 24.1 Å². The number of hydrogen-bond donors (Lipinski definition) is 1. The lowest BCUT2D eigenvalue weighted by atomic mass is 9.98. The van der Waals surface area contributed by atoms with Gasteiger partial charge in [0.1, 0.15) is 6.04 Å². The summed E-state index contributed by atoms with van der Waals surface area (Å²) in [5, 5.41) is 5.43. The molecule has 6 nitrogen and oxygen atoms in total. The second-order valence-electron chi connectivity index (χ2n) is 8.06. The van der Waals surface area contributed by atoms with Crippen LogP contribution in [0.4, 0.5) is 0 Å². The molecule has 1 aromatic heterocycles. The van der Waals surface area contributed by atoms with Gasteiger partial charge in [0.25, 0.3) is 5.91 Å². The second kappa shape index (κ2) is 6.27. The first-order valence-corrected chi connectivity index (χ1v) is 9.86. The van der Waals surface area contributed by atoms with Gasteiger partial charge in [-0.15, -0.1) is 11.3 Å². The molecule has 1 fully saturated rings. The first-order valence-electron chi connectivity index (χ1n) is 8.98. The number of amides is 3. The number of carbonyl (C=O) groups excluding carboxylic acids is 3. The first kappa shape index (κ1) is 17.9. The van der Waals surface area contributed by atoms with Gasteiger partial charge in [0.2, 0.25) is 11.8 Å². The predicted molar refractivity (Wildman–Crippen MR) is 102 cm³/mol. The molecule has 0 bridgehead atoms. The molecule has 2 aliphatic heterocycles. The molecule has 1 saturated heterocycles. The number of nitrogens with zero attached hydrogens (tertiary/aromatic N) is 2. The number of nitrogens with one attached hydrogen (secondary N) is 1. The number of benzene rings is 1. The number of rotatable bonds is 2. The van der Waals surface area contributed by atoms with Gasteiger partial charge in [-0.25, -0.2) is 4.98 Å². The summed E-state index contributed by atoms with van der Waals surface area (Å²) in [6.07, 6.45) is 0.633. The number of imide groups is 1. The van der Waals surface area contributed by atoms with Crippen molar-refractivity contribution in [2.75, 3.05) is 0 Å². The fraction of sp³-hybridized carbons (Fsp3) is 0.400. The van der Waals surface area contributed by atoms with Gasteiger partial charge in [0, 0.05) is 34.9 Å². The third-order valence-electron chi connectivity index (χ3n) is 4.97. The van der Waals surface area contributed by atoms with Crippen molar-refractivity contribution in [3.8, 4) is 11.3 Å².